The zero-order valence-electron chi connectivity index (χ0n) is 11.4. The van der Waals surface area contributed by atoms with Crippen LogP contribution in [0.25, 0.3) is 0 Å². The molecule has 3 atom stereocenters. The second-order valence-corrected chi connectivity index (χ2v) is 5.93. The number of hydrogen-bond donors (Lipinski definition) is 1. The first-order valence-electron chi connectivity index (χ1n) is 7.35. The highest BCUT2D eigenvalue weighted by molar-refractivity contribution is 5.18. The predicted octanol–water partition coefficient (Wildman–Crippen LogP) is 2.91. The van der Waals surface area contributed by atoms with Gasteiger partial charge in [0.25, 0.3) is 0 Å². The van der Waals surface area contributed by atoms with Crippen molar-refractivity contribution in [3.8, 4) is 0 Å². The lowest BCUT2D eigenvalue weighted by Gasteiger charge is -2.24. The Morgan fingerprint density at radius 2 is 2.11 bits per heavy atom. The van der Waals surface area contributed by atoms with E-state index in [1.807, 2.05) is 12.1 Å². The van der Waals surface area contributed by atoms with E-state index in [1.54, 1.807) is 6.07 Å². The van der Waals surface area contributed by atoms with Gasteiger partial charge in [-0.15, -0.1) is 0 Å². The molecule has 0 radical (unpaired) electrons. The zero-order valence-corrected chi connectivity index (χ0v) is 11.4. The Bertz CT molecular complexity index is 433. The molecule has 1 aliphatic carbocycles. The highest BCUT2D eigenvalue weighted by Gasteiger charge is 2.40. The van der Waals surface area contributed by atoms with Crippen molar-refractivity contribution >= 4 is 0 Å². The summed E-state index contributed by atoms with van der Waals surface area (Å²) in [5, 5.41) is 3.63. The van der Waals surface area contributed by atoms with E-state index < -0.39 is 0 Å². The first kappa shape index (κ1) is 13.1. The number of benzene rings is 1. The summed E-state index contributed by atoms with van der Waals surface area (Å²) in [5.74, 6) is 0.665. The van der Waals surface area contributed by atoms with E-state index in [1.165, 1.54) is 18.9 Å². The summed E-state index contributed by atoms with van der Waals surface area (Å²) in [6, 6.07) is 7.78. The quantitative estimate of drug-likeness (QED) is 0.882. The lowest BCUT2D eigenvalue weighted by atomic mass is 10.0. The Balaban J connectivity index is 1.56. The van der Waals surface area contributed by atoms with E-state index in [-0.39, 0.29) is 11.9 Å². The monoisotopic (exact) mass is 263 g/mol. The van der Waals surface area contributed by atoms with Crippen molar-refractivity contribution in [3.63, 3.8) is 0 Å². The van der Waals surface area contributed by atoms with Gasteiger partial charge in [0.1, 0.15) is 5.82 Å². The normalized spacial score (nSPS) is 28.5. The van der Waals surface area contributed by atoms with Crippen molar-refractivity contribution in [2.45, 2.75) is 50.8 Å². The van der Waals surface area contributed by atoms with Crippen LogP contribution in [0, 0.1) is 11.7 Å². The van der Waals surface area contributed by atoms with Gasteiger partial charge in [-0.05, 0) is 50.2 Å². The first-order chi connectivity index (χ1) is 9.24. The molecule has 1 saturated heterocycles. The molecule has 1 heterocycles. The molecule has 1 saturated carbocycles. The third kappa shape index (κ3) is 3.15. The van der Waals surface area contributed by atoms with Crippen LogP contribution in [0.15, 0.2) is 24.3 Å². The summed E-state index contributed by atoms with van der Waals surface area (Å²) in [5.41, 5.74) is 0.796. The number of hydrogen-bond acceptors (Lipinski definition) is 2. The largest absolute Gasteiger partial charge is 0.376 e. The summed E-state index contributed by atoms with van der Waals surface area (Å²) in [6.45, 7) is 3.00. The molecular formula is C16H22FNO. The molecule has 0 aromatic heterocycles. The Kier molecular flexibility index (Phi) is 3.85. The van der Waals surface area contributed by atoms with Crippen LogP contribution in [0.2, 0.25) is 0 Å². The minimum Gasteiger partial charge on any atom is -0.376 e. The molecule has 3 rings (SSSR count). The standard InChI is InChI=1S/C16H22FNO/c1-11(10-13-4-2-3-5-14(13)17)18-15-8-9-19-16(15)12-6-7-12/h2-5,11-12,15-16,18H,6-10H2,1H3. The maximum Gasteiger partial charge on any atom is 0.126 e. The highest BCUT2D eigenvalue weighted by atomic mass is 19.1. The molecule has 0 bridgehead atoms. The SMILES string of the molecule is CC(Cc1ccccc1F)NC1CCOC1C1CC1. The third-order valence-corrected chi connectivity index (χ3v) is 4.20. The average Bonchev–Trinajstić information content (AvgIpc) is 3.13. The van der Waals surface area contributed by atoms with E-state index >= 15 is 0 Å². The molecule has 104 valence electrons. The van der Waals surface area contributed by atoms with Gasteiger partial charge in [-0.2, -0.15) is 0 Å². The fourth-order valence-electron chi connectivity index (χ4n) is 3.10. The Labute approximate surface area is 114 Å². The van der Waals surface area contributed by atoms with Gasteiger partial charge < -0.3 is 10.1 Å². The van der Waals surface area contributed by atoms with Gasteiger partial charge in [0.05, 0.1) is 6.10 Å². The van der Waals surface area contributed by atoms with Gasteiger partial charge in [-0.1, -0.05) is 18.2 Å². The van der Waals surface area contributed by atoms with Crippen LogP contribution in [0.1, 0.15) is 31.7 Å². The second-order valence-electron chi connectivity index (χ2n) is 5.93. The van der Waals surface area contributed by atoms with E-state index in [0.717, 1.165) is 30.9 Å². The lowest BCUT2D eigenvalue weighted by Crippen LogP contribution is -2.43. The molecule has 2 nitrogen and oxygen atoms in total. The number of ether oxygens (including phenoxy) is 1. The predicted molar refractivity (Wildman–Crippen MR) is 73.6 cm³/mol. The Morgan fingerprint density at radius 1 is 1.32 bits per heavy atom. The van der Waals surface area contributed by atoms with Crippen molar-refractivity contribution in [1.82, 2.24) is 5.32 Å². The maximum atomic E-state index is 13.6. The summed E-state index contributed by atoms with van der Waals surface area (Å²) in [7, 11) is 0. The smallest absolute Gasteiger partial charge is 0.126 e. The molecule has 1 N–H and O–H groups in total. The van der Waals surface area contributed by atoms with Crippen LogP contribution in [0.4, 0.5) is 4.39 Å². The van der Waals surface area contributed by atoms with Crippen LogP contribution in [0.3, 0.4) is 0 Å². The molecule has 2 fully saturated rings. The van der Waals surface area contributed by atoms with Crippen LogP contribution in [-0.2, 0) is 11.2 Å². The summed E-state index contributed by atoms with van der Waals surface area (Å²) in [6.07, 6.45) is 4.83. The molecular weight excluding hydrogens is 241 g/mol. The van der Waals surface area contributed by atoms with Gasteiger partial charge in [0, 0.05) is 18.7 Å². The third-order valence-electron chi connectivity index (χ3n) is 4.20. The zero-order chi connectivity index (χ0) is 13.2. The highest BCUT2D eigenvalue weighted by Crippen LogP contribution is 2.38. The van der Waals surface area contributed by atoms with Crippen molar-refractivity contribution in [3.05, 3.63) is 35.6 Å². The van der Waals surface area contributed by atoms with Crippen molar-refractivity contribution in [2.24, 2.45) is 5.92 Å². The van der Waals surface area contributed by atoms with Crippen LogP contribution < -0.4 is 5.32 Å². The fraction of sp³-hybridized carbons (Fsp3) is 0.625. The molecule has 1 aromatic rings. The number of rotatable bonds is 5. The van der Waals surface area contributed by atoms with Crippen molar-refractivity contribution < 1.29 is 9.13 Å². The van der Waals surface area contributed by atoms with E-state index in [9.17, 15) is 4.39 Å². The molecule has 2 aliphatic rings. The molecule has 1 aliphatic heterocycles. The summed E-state index contributed by atoms with van der Waals surface area (Å²) >= 11 is 0. The Morgan fingerprint density at radius 3 is 2.84 bits per heavy atom. The fourth-order valence-corrected chi connectivity index (χ4v) is 3.10. The summed E-state index contributed by atoms with van der Waals surface area (Å²) in [4.78, 5) is 0. The van der Waals surface area contributed by atoms with E-state index in [4.69, 9.17) is 4.74 Å². The molecule has 19 heavy (non-hydrogen) atoms. The van der Waals surface area contributed by atoms with E-state index in [2.05, 4.69) is 12.2 Å². The van der Waals surface area contributed by atoms with Gasteiger partial charge >= 0.3 is 0 Å². The topological polar surface area (TPSA) is 21.3 Å². The lowest BCUT2D eigenvalue weighted by molar-refractivity contribution is 0.0792. The van der Waals surface area contributed by atoms with Crippen molar-refractivity contribution in [1.29, 1.82) is 0 Å². The second kappa shape index (κ2) is 5.59. The van der Waals surface area contributed by atoms with E-state index in [0.29, 0.717) is 12.1 Å². The number of halogens is 1. The van der Waals surface area contributed by atoms with Crippen LogP contribution in [-0.4, -0.2) is 24.8 Å². The van der Waals surface area contributed by atoms with Crippen LogP contribution >= 0.6 is 0 Å². The van der Waals surface area contributed by atoms with Crippen LogP contribution in [0.5, 0.6) is 0 Å². The number of nitrogens with one attached hydrogen (secondary N) is 1. The van der Waals surface area contributed by atoms with Crippen molar-refractivity contribution in [2.75, 3.05) is 6.61 Å². The Hall–Kier alpha value is -0.930. The van der Waals surface area contributed by atoms with Gasteiger partial charge in [-0.25, -0.2) is 4.39 Å². The van der Waals surface area contributed by atoms with Gasteiger partial charge in [0.15, 0.2) is 0 Å². The van der Waals surface area contributed by atoms with Gasteiger partial charge in [0.2, 0.25) is 0 Å². The van der Waals surface area contributed by atoms with Gasteiger partial charge in [-0.3, -0.25) is 0 Å². The average molecular weight is 263 g/mol. The molecule has 3 unspecified atom stereocenters. The minimum atomic E-state index is -0.0995. The molecule has 0 spiro atoms. The first-order valence-corrected chi connectivity index (χ1v) is 7.35. The molecule has 0 amide bonds. The minimum absolute atomic E-state index is 0.0995. The maximum absolute atomic E-state index is 13.6. The molecule has 3 heteroatoms. The molecule has 1 aromatic carbocycles. The summed E-state index contributed by atoms with van der Waals surface area (Å²) < 4.78 is 19.5.